The van der Waals surface area contributed by atoms with Crippen molar-refractivity contribution in [1.29, 1.82) is 0 Å². The fourth-order valence-corrected chi connectivity index (χ4v) is 3.75. The molecular weight excluding hydrogens is 408 g/mol. The first-order chi connectivity index (χ1) is 12.3. The summed E-state index contributed by atoms with van der Waals surface area (Å²) in [5.74, 6) is 0. The number of nitrogens with zero attached hydrogens (tertiary/aromatic N) is 4. The molecule has 0 unspecified atom stereocenters. The molecule has 0 spiro atoms. The third-order valence-corrected chi connectivity index (χ3v) is 6.31. The Morgan fingerprint density at radius 3 is 2.73 bits per heavy atom. The summed E-state index contributed by atoms with van der Waals surface area (Å²) < 4.78 is 10.7. The lowest BCUT2D eigenvalue weighted by Crippen LogP contribution is -2.22. The SMILES string of the molecule is Cn1cc(/C=C/c2nn(COCC[Si](C)(C)C)c3ccc(Br)cc23)cn1. The zero-order valence-corrected chi connectivity index (χ0v) is 18.3. The van der Waals surface area contributed by atoms with E-state index in [2.05, 4.69) is 52.8 Å². The summed E-state index contributed by atoms with van der Waals surface area (Å²) in [6, 6.07) is 7.38. The van der Waals surface area contributed by atoms with Crippen molar-refractivity contribution in [2.24, 2.45) is 7.05 Å². The minimum absolute atomic E-state index is 0.476. The highest BCUT2D eigenvalue weighted by Crippen LogP contribution is 2.25. The van der Waals surface area contributed by atoms with E-state index in [1.807, 2.05) is 42.3 Å². The Bertz CT molecular complexity index is 923. The standard InChI is InChI=1S/C19H25BrN4OSi/c1-23-13-15(12-21-23)5-7-18-17-11-16(20)6-8-19(17)24(22-18)14-25-9-10-26(2,3)4/h5-8,11-13H,9-10,14H2,1-4H3/b7-5+. The van der Waals surface area contributed by atoms with Gasteiger partial charge >= 0.3 is 0 Å². The summed E-state index contributed by atoms with van der Waals surface area (Å²) in [4.78, 5) is 0. The van der Waals surface area contributed by atoms with Crippen LogP contribution in [0.5, 0.6) is 0 Å². The van der Waals surface area contributed by atoms with Crippen molar-refractivity contribution in [3.63, 3.8) is 0 Å². The van der Waals surface area contributed by atoms with Crippen LogP contribution < -0.4 is 0 Å². The van der Waals surface area contributed by atoms with E-state index < -0.39 is 8.07 Å². The highest BCUT2D eigenvalue weighted by molar-refractivity contribution is 9.10. The van der Waals surface area contributed by atoms with Gasteiger partial charge in [-0.15, -0.1) is 0 Å². The average Bonchev–Trinajstić information content (AvgIpc) is 3.12. The fraction of sp³-hybridized carbons (Fsp3) is 0.368. The number of fused-ring (bicyclic) bond motifs is 1. The molecule has 0 saturated carbocycles. The predicted octanol–water partition coefficient (Wildman–Crippen LogP) is 5.02. The first-order valence-electron chi connectivity index (χ1n) is 8.72. The van der Waals surface area contributed by atoms with Crippen LogP contribution in [0.15, 0.2) is 35.1 Å². The number of hydrogen-bond donors (Lipinski definition) is 0. The third kappa shape index (κ3) is 4.93. The quantitative estimate of drug-likeness (QED) is 0.389. The molecule has 2 heterocycles. The predicted molar refractivity (Wildman–Crippen MR) is 114 cm³/mol. The Hall–Kier alpha value is -1.70. The van der Waals surface area contributed by atoms with Gasteiger partial charge in [0.1, 0.15) is 6.73 Å². The van der Waals surface area contributed by atoms with Crippen LogP contribution in [0.3, 0.4) is 0 Å². The monoisotopic (exact) mass is 432 g/mol. The summed E-state index contributed by atoms with van der Waals surface area (Å²) in [5.41, 5.74) is 3.06. The van der Waals surface area contributed by atoms with E-state index in [9.17, 15) is 0 Å². The van der Waals surface area contributed by atoms with Gasteiger partial charge < -0.3 is 4.74 Å². The lowest BCUT2D eigenvalue weighted by molar-refractivity contribution is 0.0816. The van der Waals surface area contributed by atoms with Gasteiger partial charge in [-0.25, -0.2) is 4.68 Å². The summed E-state index contributed by atoms with van der Waals surface area (Å²) in [5, 5.41) is 10.1. The summed E-state index contributed by atoms with van der Waals surface area (Å²) in [6.45, 7) is 8.34. The van der Waals surface area contributed by atoms with Crippen molar-refractivity contribution in [3.8, 4) is 0 Å². The van der Waals surface area contributed by atoms with Gasteiger partial charge in [0.2, 0.25) is 0 Å². The number of halogens is 1. The largest absolute Gasteiger partial charge is 0.360 e. The molecule has 0 aliphatic rings. The molecule has 0 bridgehead atoms. The first-order valence-corrected chi connectivity index (χ1v) is 13.2. The van der Waals surface area contributed by atoms with Crippen LogP contribution in [0.2, 0.25) is 25.7 Å². The number of hydrogen-bond acceptors (Lipinski definition) is 3. The van der Waals surface area contributed by atoms with Crippen LogP contribution in [0.4, 0.5) is 0 Å². The van der Waals surface area contributed by atoms with E-state index in [-0.39, 0.29) is 0 Å². The molecule has 3 rings (SSSR count). The minimum Gasteiger partial charge on any atom is -0.360 e. The molecule has 0 amide bonds. The molecule has 0 radical (unpaired) electrons. The van der Waals surface area contributed by atoms with Crippen LogP contribution >= 0.6 is 15.9 Å². The van der Waals surface area contributed by atoms with Gasteiger partial charge in [-0.3, -0.25) is 4.68 Å². The normalized spacial score (nSPS) is 12.5. The van der Waals surface area contributed by atoms with Crippen LogP contribution in [0, 0.1) is 0 Å². The van der Waals surface area contributed by atoms with E-state index in [1.165, 1.54) is 0 Å². The van der Waals surface area contributed by atoms with Crippen LogP contribution in [0.1, 0.15) is 11.3 Å². The van der Waals surface area contributed by atoms with Gasteiger partial charge in [-0.1, -0.05) is 35.6 Å². The number of benzene rings is 1. The van der Waals surface area contributed by atoms with Crippen molar-refractivity contribution < 1.29 is 4.74 Å². The van der Waals surface area contributed by atoms with Gasteiger partial charge in [0.05, 0.1) is 17.4 Å². The lowest BCUT2D eigenvalue weighted by atomic mass is 10.2. The molecule has 0 N–H and O–H groups in total. The summed E-state index contributed by atoms with van der Waals surface area (Å²) >= 11 is 3.56. The van der Waals surface area contributed by atoms with Crippen molar-refractivity contribution in [1.82, 2.24) is 19.6 Å². The van der Waals surface area contributed by atoms with Crippen molar-refractivity contribution >= 4 is 47.1 Å². The number of aryl methyl sites for hydroxylation is 1. The maximum absolute atomic E-state index is 5.90. The molecule has 0 fully saturated rings. The van der Waals surface area contributed by atoms with Gasteiger partial charge in [0, 0.05) is 43.3 Å². The van der Waals surface area contributed by atoms with Crippen LogP contribution in [-0.4, -0.2) is 34.2 Å². The van der Waals surface area contributed by atoms with E-state index in [0.29, 0.717) is 6.73 Å². The summed E-state index contributed by atoms with van der Waals surface area (Å²) in [7, 11) is 0.834. The second-order valence-electron chi connectivity index (χ2n) is 7.67. The maximum atomic E-state index is 5.90. The lowest BCUT2D eigenvalue weighted by Gasteiger charge is -2.15. The van der Waals surface area contributed by atoms with E-state index in [0.717, 1.165) is 39.3 Å². The molecule has 138 valence electrons. The Labute approximate surface area is 163 Å². The van der Waals surface area contributed by atoms with Crippen molar-refractivity contribution in [2.75, 3.05) is 6.61 Å². The second-order valence-corrected chi connectivity index (χ2v) is 14.2. The highest BCUT2D eigenvalue weighted by Gasteiger charge is 2.13. The van der Waals surface area contributed by atoms with Crippen LogP contribution in [-0.2, 0) is 18.5 Å². The molecule has 2 aromatic heterocycles. The van der Waals surface area contributed by atoms with Crippen LogP contribution in [0.25, 0.3) is 23.1 Å². The molecule has 1 aromatic carbocycles. The number of ether oxygens (including phenoxy) is 1. The van der Waals surface area contributed by atoms with Crippen molar-refractivity contribution in [3.05, 3.63) is 46.3 Å². The molecular formula is C19H25BrN4OSi. The minimum atomic E-state index is -1.08. The second kappa shape index (κ2) is 7.90. The smallest absolute Gasteiger partial charge is 0.140 e. The topological polar surface area (TPSA) is 44.9 Å². The van der Waals surface area contributed by atoms with Gasteiger partial charge in [-0.05, 0) is 36.4 Å². The maximum Gasteiger partial charge on any atom is 0.140 e. The fourth-order valence-electron chi connectivity index (χ4n) is 2.63. The van der Waals surface area contributed by atoms with E-state index in [4.69, 9.17) is 9.84 Å². The van der Waals surface area contributed by atoms with Gasteiger partial charge in [0.25, 0.3) is 0 Å². The molecule has 0 saturated heterocycles. The molecule has 3 aromatic rings. The van der Waals surface area contributed by atoms with Gasteiger partial charge in [-0.2, -0.15) is 10.2 Å². The summed E-state index contributed by atoms with van der Waals surface area (Å²) in [6.07, 6.45) is 7.88. The molecule has 0 aliphatic carbocycles. The van der Waals surface area contributed by atoms with E-state index in [1.54, 1.807) is 4.68 Å². The zero-order valence-electron chi connectivity index (χ0n) is 15.7. The zero-order chi connectivity index (χ0) is 18.7. The van der Waals surface area contributed by atoms with E-state index >= 15 is 0 Å². The Morgan fingerprint density at radius 2 is 2.04 bits per heavy atom. The first kappa shape index (κ1) is 19.1. The molecule has 26 heavy (non-hydrogen) atoms. The average molecular weight is 433 g/mol. The molecule has 7 heteroatoms. The molecule has 5 nitrogen and oxygen atoms in total. The molecule has 0 aliphatic heterocycles. The van der Waals surface area contributed by atoms with Gasteiger partial charge in [0.15, 0.2) is 0 Å². The Morgan fingerprint density at radius 1 is 1.23 bits per heavy atom. The third-order valence-electron chi connectivity index (χ3n) is 4.11. The Balaban J connectivity index is 1.82. The number of rotatable bonds is 7. The molecule has 0 atom stereocenters. The Kier molecular flexibility index (Phi) is 5.79. The highest BCUT2D eigenvalue weighted by atomic mass is 79.9. The van der Waals surface area contributed by atoms with Crippen molar-refractivity contribution in [2.45, 2.75) is 32.4 Å². The number of aromatic nitrogens is 4.